The Labute approximate surface area is 119 Å². The van der Waals surface area contributed by atoms with Crippen LogP contribution in [-0.2, 0) is 0 Å². The monoisotopic (exact) mass is 272 g/mol. The number of benzene rings is 2. The zero-order valence-corrected chi connectivity index (χ0v) is 12.1. The lowest BCUT2D eigenvalue weighted by Gasteiger charge is -2.07. The number of hydrogen-bond acceptors (Lipinski definition) is 2. The second-order valence-electron chi connectivity index (χ2n) is 4.59. The van der Waals surface area contributed by atoms with Crippen molar-refractivity contribution in [1.29, 1.82) is 0 Å². The van der Waals surface area contributed by atoms with Gasteiger partial charge in [-0.2, -0.15) is 5.10 Å². The maximum Gasteiger partial charge on any atom is 0.0748 e. The maximum atomic E-state index is 6.07. The first-order chi connectivity index (χ1) is 9.08. The summed E-state index contributed by atoms with van der Waals surface area (Å²) in [4.78, 5) is 0. The van der Waals surface area contributed by atoms with Gasteiger partial charge in [-0.15, -0.1) is 0 Å². The van der Waals surface area contributed by atoms with Gasteiger partial charge in [0, 0.05) is 0 Å². The SMILES string of the molecule is C/C(=N/Nc1ccccc1Cl)c1ccc(C)c(C)c1. The number of rotatable bonds is 3. The van der Waals surface area contributed by atoms with Crippen LogP contribution in [0.4, 0.5) is 5.69 Å². The molecular weight excluding hydrogens is 256 g/mol. The fourth-order valence-corrected chi connectivity index (χ4v) is 1.90. The number of aryl methyl sites for hydroxylation is 2. The maximum absolute atomic E-state index is 6.07. The topological polar surface area (TPSA) is 24.4 Å². The summed E-state index contributed by atoms with van der Waals surface area (Å²) in [6, 6.07) is 13.9. The quantitative estimate of drug-likeness (QED) is 0.630. The predicted octanol–water partition coefficient (Wildman–Crippen LogP) is 4.79. The molecule has 0 saturated heterocycles. The normalized spacial score (nSPS) is 11.5. The highest BCUT2D eigenvalue weighted by atomic mass is 35.5. The van der Waals surface area contributed by atoms with Crippen LogP contribution in [-0.4, -0.2) is 5.71 Å². The molecule has 0 bridgehead atoms. The highest BCUT2D eigenvalue weighted by Gasteiger charge is 2.01. The number of halogens is 1. The van der Waals surface area contributed by atoms with Gasteiger partial charge in [-0.05, 0) is 55.7 Å². The predicted molar refractivity (Wildman–Crippen MR) is 83.2 cm³/mol. The number of para-hydroxylation sites is 1. The van der Waals surface area contributed by atoms with Gasteiger partial charge in [0.1, 0.15) is 0 Å². The Kier molecular flexibility index (Phi) is 4.23. The first kappa shape index (κ1) is 13.6. The number of hydrazone groups is 1. The van der Waals surface area contributed by atoms with E-state index in [-0.39, 0.29) is 0 Å². The average Bonchev–Trinajstić information content (AvgIpc) is 2.40. The molecule has 2 aromatic carbocycles. The van der Waals surface area contributed by atoms with E-state index in [1.807, 2.05) is 31.2 Å². The van der Waals surface area contributed by atoms with Gasteiger partial charge in [-0.3, -0.25) is 5.43 Å². The third kappa shape index (κ3) is 3.36. The Bertz CT molecular complexity index is 618. The van der Waals surface area contributed by atoms with E-state index in [4.69, 9.17) is 11.6 Å². The largest absolute Gasteiger partial charge is 0.277 e. The summed E-state index contributed by atoms with van der Waals surface area (Å²) >= 11 is 6.07. The van der Waals surface area contributed by atoms with Crippen molar-refractivity contribution in [2.75, 3.05) is 5.43 Å². The minimum atomic E-state index is 0.666. The van der Waals surface area contributed by atoms with Crippen LogP contribution in [0.2, 0.25) is 5.02 Å². The van der Waals surface area contributed by atoms with E-state index in [9.17, 15) is 0 Å². The van der Waals surface area contributed by atoms with Crippen molar-refractivity contribution in [3.63, 3.8) is 0 Å². The summed E-state index contributed by atoms with van der Waals surface area (Å²) in [5.41, 5.74) is 8.42. The lowest BCUT2D eigenvalue weighted by Crippen LogP contribution is -2.00. The molecule has 0 fully saturated rings. The molecule has 0 aliphatic carbocycles. The summed E-state index contributed by atoms with van der Waals surface area (Å²) in [5, 5.41) is 5.04. The molecule has 0 spiro atoms. The van der Waals surface area contributed by atoms with Crippen LogP contribution in [0.15, 0.2) is 47.6 Å². The van der Waals surface area contributed by atoms with E-state index in [1.165, 1.54) is 11.1 Å². The fraction of sp³-hybridized carbons (Fsp3) is 0.188. The second kappa shape index (κ2) is 5.89. The molecule has 0 radical (unpaired) electrons. The molecular formula is C16H17ClN2. The first-order valence-electron chi connectivity index (χ1n) is 6.20. The van der Waals surface area contributed by atoms with Gasteiger partial charge in [-0.25, -0.2) is 0 Å². The first-order valence-corrected chi connectivity index (χ1v) is 6.58. The Morgan fingerprint density at radius 3 is 2.47 bits per heavy atom. The molecule has 1 N–H and O–H groups in total. The van der Waals surface area contributed by atoms with Gasteiger partial charge in [0.2, 0.25) is 0 Å². The Hall–Kier alpha value is -1.80. The molecule has 0 saturated carbocycles. The fourth-order valence-electron chi connectivity index (χ4n) is 1.73. The molecule has 98 valence electrons. The number of nitrogens with zero attached hydrogens (tertiary/aromatic N) is 1. The molecule has 0 atom stereocenters. The van der Waals surface area contributed by atoms with E-state index in [0.717, 1.165) is 17.0 Å². The van der Waals surface area contributed by atoms with Gasteiger partial charge in [0.05, 0.1) is 16.4 Å². The van der Waals surface area contributed by atoms with E-state index < -0.39 is 0 Å². The third-order valence-electron chi connectivity index (χ3n) is 3.14. The van der Waals surface area contributed by atoms with E-state index in [2.05, 4.69) is 42.6 Å². The molecule has 0 aromatic heterocycles. The average molecular weight is 273 g/mol. The van der Waals surface area contributed by atoms with Crippen molar-refractivity contribution in [2.24, 2.45) is 5.10 Å². The van der Waals surface area contributed by atoms with Crippen molar-refractivity contribution >= 4 is 23.0 Å². The van der Waals surface area contributed by atoms with Crippen molar-refractivity contribution in [3.8, 4) is 0 Å². The molecule has 2 rings (SSSR count). The molecule has 0 heterocycles. The van der Waals surface area contributed by atoms with Gasteiger partial charge < -0.3 is 0 Å². The zero-order valence-electron chi connectivity index (χ0n) is 11.4. The minimum absolute atomic E-state index is 0.666. The Morgan fingerprint density at radius 2 is 1.79 bits per heavy atom. The summed E-state index contributed by atoms with van der Waals surface area (Å²) in [6.07, 6.45) is 0. The number of anilines is 1. The van der Waals surface area contributed by atoms with Gasteiger partial charge in [0.15, 0.2) is 0 Å². The van der Waals surface area contributed by atoms with Gasteiger partial charge in [-0.1, -0.05) is 35.9 Å². The third-order valence-corrected chi connectivity index (χ3v) is 3.47. The van der Waals surface area contributed by atoms with Crippen LogP contribution in [0.3, 0.4) is 0 Å². The van der Waals surface area contributed by atoms with Gasteiger partial charge in [0.25, 0.3) is 0 Å². The van der Waals surface area contributed by atoms with Crippen LogP contribution in [0.1, 0.15) is 23.6 Å². The van der Waals surface area contributed by atoms with Crippen LogP contribution in [0, 0.1) is 13.8 Å². The summed E-state index contributed by atoms with van der Waals surface area (Å²) in [7, 11) is 0. The minimum Gasteiger partial charge on any atom is -0.277 e. The van der Waals surface area contributed by atoms with Crippen LogP contribution >= 0.6 is 11.6 Å². The molecule has 0 unspecified atom stereocenters. The Morgan fingerprint density at radius 1 is 1.05 bits per heavy atom. The smallest absolute Gasteiger partial charge is 0.0748 e. The van der Waals surface area contributed by atoms with Crippen LogP contribution < -0.4 is 5.43 Å². The summed E-state index contributed by atoms with van der Waals surface area (Å²) < 4.78 is 0. The van der Waals surface area contributed by atoms with Crippen molar-refractivity contribution < 1.29 is 0 Å². The Balaban J connectivity index is 2.19. The van der Waals surface area contributed by atoms with Crippen molar-refractivity contribution in [2.45, 2.75) is 20.8 Å². The van der Waals surface area contributed by atoms with E-state index >= 15 is 0 Å². The molecule has 3 heteroatoms. The lowest BCUT2D eigenvalue weighted by molar-refractivity contribution is 1.30. The number of hydrogen-bond donors (Lipinski definition) is 1. The summed E-state index contributed by atoms with van der Waals surface area (Å²) in [6.45, 7) is 6.19. The van der Waals surface area contributed by atoms with Crippen molar-refractivity contribution in [1.82, 2.24) is 0 Å². The van der Waals surface area contributed by atoms with Crippen LogP contribution in [0.25, 0.3) is 0 Å². The molecule has 19 heavy (non-hydrogen) atoms. The zero-order chi connectivity index (χ0) is 13.8. The summed E-state index contributed by atoms with van der Waals surface area (Å²) in [5.74, 6) is 0. The highest BCUT2D eigenvalue weighted by Crippen LogP contribution is 2.20. The van der Waals surface area contributed by atoms with E-state index in [1.54, 1.807) is 0 Å². The molecule has 0 aliphatic rings. The van der Waals surface area contributed by atoms with Crippen molar-refractivity contribution in [3.05, 3.63) is 64.2 Å². The van der Waals surface area contributed by atoms with Gasteiger partial charge >= 0.3 is 0 Å². The number of nitrogens with one attached hydrogen (secondary N) is 1. The standard InChI is InChI=1S/C16H17ClN2/c1-11-8-9-14(10-12(11)2)13(3)18-19-16-7-5-4-6-15(16)17/h4-10,19H,1-3H3/b18-13-. The lowest BCUT2D eigenvalue weighted by atomic mass is 10.0. The second-order valence-corrected chi connectivity index (χ2v) is 5.00. The molecule has 2 aromatic rings. The van der Waals surface area contributed by atoms with Crippen LogP contribution in [0.5, 0.6) is 0 Å². The molecule has 0 amide bonds. The van der Waals surface area contributed by atoms with E-state index in [0.29, 0.717) is 5.02 Å². The molecule has 0 aliphatic heterocycles. The molecule has 2 nitrogen and oxygen atoms in total. The highest BCUT2D eigenvalue weighted by molar-refractivity contribution is 6.33.